The Kier molecular flexibility index (Phi) is 5.20. The molecule has 4 aromatic rings. The Bertz CT molecular complexity index is 1450. The zero-order valence-corrected chi connectivity index (χ0v) is 20.0. The molecular formula is C25H26N8O3. The molecule has 0 spiro atoms. The number of pyridine rings is 1. The Balaban J connectivity index is 1.42. The molecule has 2 aliphatic rings. The number of Topliss-reactive ketones (excluding diaryl/α,β-unsaturated/α-hetero) is 1. The van der Waals surface area contributed by atoms with Gasteiger partial charge in [-0.15, -0.1) is 0 Å². The predicted octanol–water partition coefficient (Wildman–Crippen LogP) is 3.44. The molecule has 2 aliphatic heterocycles. The third-order valence-electron chi connectivity index (χ3n) is 7.38. The summed E-state index contributed by atoms with van der Waals surface area (Å²) in [4.78, 5) is 43.7. The zero-order valence-electron chi connectivity index (χ0n) is 20.0. The zero-order chi connectivity index (χ0) is 25.0. The first-order valence-electron chi connectivity index (χ1n) is 12.0. The molecule has 1 amide bonds. The number of rotatable bonds is 4. The Morgan fingerprint density at radius 3 is 2.53 bits per heavy atom. The monoisotopic (exact) mass is 486 g/mol. The minimum Gasteiger partial charge on any atom is -0.453 e. The fourth-order valence-electron chi connectivity index (χ4n) is 5.80. The van der Waals surface area contributed by atoms with E-state index < -0.39 is 0 Å². The summed E-state index contributed by atoms with van der Waals surface area (Å²) in [7, 11) is 1.41. The number of carbonyl (C=O) groups is 2. The van der Waals surface area contributed by atoms with Crippen LogP contribution in [0.3, 0.4) is 0 Å². The fourth-order valence-corrected chi connectivity index (χ4v) is 5.80. The van der Waals surface area contributed by atoms with Crippen molar-refractivity contribution >= 4 is 23.3 Å². The first kappa shape index (κ1) is 22.2. The van der Waals surface area contributed by atoms with Gasteiger partial charge in [-0.25, -0.2) is 14.8 Å². The third kappa shape index (κ3) is 3.42. The van der Waals surface area contributed by atoms with Crippen molar-refractivity contribution in [2.75, 3.05) is 12.8 Å². The number of nitrogens with zero attached hydrogens (tertiary/aromatic N) is 6. The van der Waals surface area contributed by atoms with E-state index in [-0.39, 0.29) is 35.7 Å². The van der Waals surface area contributed by atoms with Gasteiger partial charge in [-0.2, -0.15) is 9.61 Å². The highest BCUT2D eigenvalue weighted by molar-refractivity contribution is 6.00. The van der Waals surface area contributed by atoms with E-state index in [1.54, 1.807) is 24.8 Å². The van der Waals surface area contributed by atoms with Gasteiger partial charge in [0.15, 0.2) is 17.3 Å². The molecule has 6 rings (SSSR count). The summed E-state index contributed by atoms with van der Waals surface area (Å²) >= 11 is 0. The smallest absolute Gasteiger partial charge is 0.409 e. The van der Waals surface area contributed by atoms with Crippen molar-refractivity contribution in [1.82, 2.24) is 34.4 Å². The molecule has 6 heterocycles. The molecule has 2 saturated heterocycles. The molecule has 2 fully saturated rings. The lowest BCUT2D eigenvalue weighted by molar-refractivity contribution is 0.0800. The first-order chi connectivity index (χ1) is 17.5. The van der Waals surface area contributed by atoms with Gasteiger partial charge in [0.1, 0.15) is 11.5 Å². The van der Waals surface area contributed by atoms with E-state index in [0.29, 0.717) is 35.6 Å². The molecule has 3 N–H and O–H groups in total. The fraction of sp³-hybridized carbons (Fsp3) is 0.360. The maximum absolute atomic E-state index is 12.7. The number of amides is 1. The van der Waals surface area contributed by atoms with E-state index in [0.717, 1.165) is 29.7 Å². The third-order valence-corrected chi connectivity index (χ3v) is 7.38. The van der Waals surface area contributed by atoms with Gasteiger partial charge in [0.05, 0.1) is 24.6 Å². The molecule has 0 aromatic carbocycles. The lowest BCUT2D eigenvalue weighted by Gasteiger charge is -2.38. The van der Waals surface area contributed by atoms with Crippen LogP contribution in [0.25, 0.3) is 28.3 Å². The second-order valence-corrected chi connectivity index (χ2v) is 9.41. The predicted molar refractivity (Wildman–Crippen MR) is 131 cm³/mol. The number of ether oxygens (including phenoxy) is 1. The van der Waals surface area contributed by atoms with Crippen molar-refractivity contribution in [3.8, 4) is 22.6 Å². The summed E-state index contributed by atoms with van der Waals surface area (Å²) in [6, 6.07) is 3.94. The van der Waals surface area contributed by atoms with Gasteiger partial charge < -0.3 is 20.4 Å². The summed E-state index contributed by atoms with van der Waals surface area (Å²) in [6.45, 7) is 1.50. The second kappa shape index (κ2) is 8.43. The average Bonchev–Trinajstić information content (AvgIpc) is 3.62. The number of methoxy groups -OCH3 is 1. The number of nitrogens with one attached hydrogen (secondary N) is 1. The molecule has 0 aliphatic carbocycles. The van der Waals surface area contributed by atoms with Crippen LogP contribution in [0.2, 0.25) is 0 Å². The van der Waals surface area contributed by atoms with Crippen molar-refractivity contribution in [1.29, 1.82) is 0 Å². The minimum absolute atomic E-state index is 0.00295. The lowest BCUT2D eigenvalue weighted by Crippen LogP contribution is -2.46. The van der Waals surface area contributed by atoms with Gasteiger partial charge in [-0.1, -0.05) is 6.07 Å². The standard InChI is InChI=1S/C25H26N8O3/c1-13(34)20-21(15-9-16-4-5-17(10-15)32(16)25(35)36-2)31-24-18(12-30-33(24)22(20)26)14-3-6-19(29-11-14)23-27-7-8-28-23/h3,6-8,11-12,15-17H,4-5,9-10,26H2,1-2H3,(H,27,28)/t15-,16+,17-. The molecule has 2 bridgehead atoms. The van der Waals surface area contributed by atoms with Gasteiger partial charge in [0.2, 0.25) is 0 Å². The highest BCUT2D eigenvalue weighted by Crippen LogP contribution is 2.44. The van der Waals surface area contributed by atoms with E-state index in [1.807, 2.05) is 17.0 Å². The molecule has 3 atom stereocenters. The van der Waals surface area contributed by atoms with Gasteiger partial charge in [-0.3, -0.25) is 9.78 Å². The molecule has 4 aromatic heterocycles. The van der Waals surface area contributed by atoms with Crippen LogP contribution in [-0.2, 0) is 4.74 Å². The molecule has 184 valence electrons. The number of ketones is 1. The van der Waals surface area contributed by atoms with Crippen molar-refractivity contribution in [3.05, 3.63) is 48.2 Å². The number of aromatic amines is 1. The largest absolute Gasteiger partial charge is 0.453 e. The number of H-pyrrole nitrogens is 1. The Labute approximate surface area is 206 Å². The average molecular weight is 487 g/mol. The number of piperidine rings is 1. The van der Waals surface area contributed by atoms with Crippen molar-refractivity contribution in [2.45, 2.75) is 50.6 Å². The van der Waals surface area contributed by atoms with Crippen molar-refractivity contribution < 1.29 is 14.3 Å². The van der Waals surface area contributed by atoms with Crippen LogP contribution in [0.15, 0.2) is 36.9 Å². The molecule has 36 heavy (non-hydrogen) atoms. The maximum atomic E-state index is 12.7. The van der Waals surface area contributed by atoms with Gasteiger partial charge in [0.25, 0.3) is 0 Å². The second-order valence-electron chi connectivity index (χ2n) is 9.41. The topological polar surface area (TPSA) is 144 Å². The van der Waals surface area contributed by atoms with Gasteiger partial charge >= 0.3 is 6.09 Å². The van der Waals surface area contributed by atoms with Gasteiger partial charge in [0, 0.05) is 47.7 Å². The van der Waals surface area contributed by atoms with Crippen LogP contribution in [0.4, 0.5) is 10.6 Å². The van der Waals surface area contributed by atoms with Crippen LogP contribution in [0.1, 0.15) is 54.6 Å². The summed E-state index contributed by atoms with van der Waals surface area (Å²) in [5.74, 6) is 0.805. The number of fused-ring (bicyclic) bond motifs is 3. The lowest BCUT2D eigenvalue weighted by atomic mass is 9.85. The highest BCUT2D eigenvalue weighted by Gasteiger charge is 2.45. The van der Waals surface area contributed by atoms with Gasteiger partial charge in [-0.05, 0) is 38.7 Å². The Hall–Kier alpha value is -4.28. The number of carbonyl (C=O) groups excluding carboxylic acids is 2. The van der Waals surface area contributed by atoms with E-state index in [1.165, 1.54) is 18.5 Å². The number of aromatic nitrogens is 6. The highest BCUT2D eigenvalue weighted by atomic mass is 16.5. The SMILES string of the molecule is COC(=O)N1[C@@H]2CC[C@H]1C[C@@H](c1nc3c(-c4ccc(-c5ncc[nH]5)nc4)cnn3c(N)c1C(C)=O)C2. The van der Waals surface area contributed by atoms with E-state index in [4.69, 9.17) is 15.5 Å². The number of hydrogen-bond donors (Lipinski definition) is 2. The number of nitrogens with two attached hydrogens (primary N) is 1. The maximum Gasteiger partial charge on any atom is 0.409 e. The summed E-state index contributed by atoms with van der Waals surface area (Å²) < 4.78 is 6.53. The molecule has 0 unspecified atom stereocenters. The van der Waals surface area contributed by atoms with Crippen LogP contribution in [-0.4, -0.2) is 65.5 Å². The Morgan fingerprint density at radius 1 is 1.14 bits per heavy atom. The Morgan fingerprint density at radius 2 is 1.92 bits per heavy atom. The molecule has 11 nitrogen and oxygen atoms in total. The molecule has 0 saturated carbocycles. The molecule has 0 radical (unpaired) electrons. The van der Waals surface area contributed by atoms with Crippen molar-refractivity contribution in [3.63, 3.8) is 0 Å². The van der Waals surface area contributed by atoms with Crippen LogP contribution in [0.5, 0.6) is 0 Å². The molecular weight excluding hydrogens is 460 g/mol. The number of imidazole rings is 1. The van der Waals surface area contributed by atoms with Crippen LogP contribution < -0.4 is 5.73 Å². The summed E-state index contributed by atoms with van der Waals surface area (Å²) in [5, 5.41) is 4.45. The first-order valence-corrected chi connectivity index (χ1v) is 12.0. The van der Waals surface area contributed by atoms with Crippen LogP contribution in [0, 0.1) is 0 Å². The normalized spacial score (nSPS) is 21.2. The molecule has 11 heteroatoms. The number of anilines is 1. The van der Waals surface area contributed by atoms with E-state index >= 15 is 0 Å². The minimum atomic E-state index is -0.292. The summed E-state index contributed by atoms with van der Waals surface area (Å²) in [6.07, 6.45) is 9.82. The quantitative estimate of drug-likeness (QED) is 0.417. The number of nitrogen functional groups attached to an aromatic ring is 1. The number of hydrogen-bond acceptors (Lipinski definition) is 8. The van der Waals surface area contributed by atoms with Crippen LogP contribution >= 0.6 is 0 Å². The van der Waals surface area contributed by atoms with E-state index in [9.17, 15) is 9.59 Å². The van der Waals surface area contributed by atoms with E-state index in [2.05, 4.69) is 20.1 Å². The van der Waals surface area contributed by atoms with Crippen molar-refractivity contribution in [2.24, 2.45) is 0 Å². The summed E-state index contributed by atoms with van der Waals surface area (Å²) in [5.41, 5.74) is 10.5.